The van der Waals surface area contributed by atoms with E-state index in [1.165, 1.54) is 12.3 Å². The lowest BCUT2D eigenvalue weighted by atomic mass is 10.2. The lowest BCUT2D eigenvalue weighted by Gasteiger charge is -2.28. The Morgan fingerprint density at radius 3 is 2.90 bits per heavy atom. The number of aliphatic hydroxyl groups is 1. The van der Waals surface area contributed by atoms with Crippen LogP contribution >= 0.6 is 0 Å². The van der Waals surface area contributed by atoms with Crippen molar-refractivity contribution in [2.24, 2.45) is 0 Å². The Labute approximate surface area is 117 Å². The summed E-state index contributed by atoms with van der Waals surface area (Å²) in [5.41, 5.74) is 5.80. The van der Waals surface area contributed by atoms with Gasteiger partial charge >= 0.3 is 5.97 Å². The largest absolute Gasteiger partial charge is 0.478 e. The van der Waals surface area contributed by atoms with Gasteiger partial charge in [-0.2, -0.15) is 0 Å². The van der Waals surface area contributed by atoms with Gasteiger partial charge in [0.15, 0.2) is 0 Å². The van der Waals surface area contributed by atoms with E-state index in [0.29, 0.717) is 18.8 Å². The van der Waals surface area contributed by atoms with Crippen LogP contribution in [-0.2, 0) is 0 Å². The summed E-state index contributed by atoms with van der Waals surface area (Å²) in [7, 11) is 3.92. The number of nitrogens with two attached hydrogens (primary N) is 1. The third-order valence-corrected chi connectivity index (χ3v) is 3.41. The van der Waals surface area contributed by atoms with Gasteiger partial charge in [-0.15, -0.1) is 0 Å². The molecule has 20 heavy (non-hydrogen) atoms. The van der Waals surface area contributed by atoms with E-state index < -0.39 is 12.1 Å². The Hall–Kier alpha value is -1.86. The van der Waals surface area contributed by atoms with E-state index in [1.807, 2.05) is 23.9 Å². The number of aromatic carboxylic acids is 1. The first-order chi connectivity index (χ1) is 9.38. The number of aliphatic hydroxyl groups excluding tert-OH is 1. The van der Waals surface area contributed by atoms with Crippen molar-refractivity contribution in [3.8, 4) is 0 Å². The fourth-order valence-corrected chi connectivity index (χ4v) is 2.56. The molecule has 0 radical (unpaired) electrons. The van der Waals surface area contributed by atoms with Crippen LogP contribution in [0.1, 0.15) is 16.8 Å². The van der Waals surface area contributed by atoms with Crippen molar-refractivity contribution in [1.29, 1.82) is 0 Å². The molecule has 4 N–H and O–H groups in total. The summed E-state index contributed by atoms with van der Waals surface area (Å²) in [5, 5.41) is 19.0. The molecule has 0 amide bonds. The summed E-state index contributed by atoms with van der Waals surface area (Å²) >= 11 is 0. The standard InChI is InChI=1S/C13H20N4O3/c1-16(2)6-8-3-9(18)7-17(8)12-4-10(13(19)20)11(14)5-15-12/h4-5,8-9,18H,3,6-7,14H2,1-2H3,(H,19,20). The van der Waals surface area contributed by atoms with Crippen LogP contribution in [0.2, 0.25) is 0 Å². The van der Waals surface area contributed by atoms with Crippen molar-refractivity contribution < 1.29 is 15.0 Å². The first kappa shape index (κ1) is 14.5. The van der Waals surface area contributed by atoms with E-state index >= 15 is 0 Å². The molecular formula is C13H20N4O3. The summed E-state index contributed by atoms with van der Waals surface area (Å²) in [6, 6.07) is 1.58. The molecule has 0 aromatic carbocycles. The van der Waals surface area contributed by atoms with Gasteiger partial charge < -0.3 is 25.7 Å². The topological polar surface area (TPSA) is 103 Å². The average molecular weight is 280 g/mol. The SMILES string of the molecule is CN(C)CC1CC(O)CN1c1cc(C(=O)O)c(N)cn1. The molecular weight excluding hydrogens is 260 g/mol. The number of hydrogen-bond acceptors (Lipinski definition) is 6. The van der Waals surface area contributed by atoms with Crippen LogP contribution in [0, 0.1) is 0 Å². The highest BCUT2D eigenvalue weighted by molar-refractivity contribution is 5.94. The quantitative estimate of drug-likeness (QED) is 0.705. The number of likely N-dealkylation sites (N-methyl/N-ethyl adjacent to an activating group) is 1. The normalized spacial score (nSPS) is 22.5. The number of nitrogens with zero attached hydrogens (tertiary/aromatic N) is 3. The molecule has 1 aliphatic rings. The molecule has 0 aliphatic carbocycles. The van der Waals surface area contributed by atoms with Gasteiger partial charge in [0, 0.05) is 19.1 Å². The second kappa shape index (κ2) is 5.64. The van der Waals surface area contributed by atoms with Crippen LogP contribution < -0.4 is 10.6 Å². The zero-order valence-electron chi connectivity index (χ0n) is 11.7. The molecule has 1 aromatic heterocycles. The summed E-state index contributed by atoms with van der Waals surface area (Å²) in [6.45, 7) is 1.22. The Kier molecular flexibility index (Phi) is 4.10. The summed E-state index contributed by atoms with van der Waals surface area (Å²) < 4.78 is 0. The van der Waals surface area contributed by atoms with Crippen molar-refractivity contribution in [3.05, 3.63) is 17.8 Å². The fourth-order valence-electron chi connectivity index (χ4n) is 2.56. The molecule has 7 heteroatoms. The second-order valence-electron chi connectivity index (χ2n) is 5.39. The minimum Gasteiger partial charge on any atom is -0.478 e. The predicted octanol–water partition coefficient (Wildman–Crippen LogP) is -0.137. The predicted molar refractivity (Wildman–Crippen MR) is 75.9 cm³/mol. The van der Waals surface area contributed by atoms with E-state index in [-0.39, 0.29) is 17.3 Å². The van der Waals surface area contributed by atoms with Gasteiger partial charge in [0.2, 0.25) is 0 Å². The van der Waals surface area contributed by atoms with E-state index in [2.05, 4.69) is 4.98 Å². The highest BCUT2D eigenvalue weighted by Crippen LogP contribution is 2.26. The Balaban J connectivity index is 2.29. The van der Waals surface area contributed by atoms with Gasteiger partial charge in [0.1, 0.15) is 5.82 Å². The van der Waals surface area contributed by atoms with Crippen molar-refractivity contribution in [2.75, 3.05) is 37.8 Å². The number of hydrogen-bond donors (Lipinski definition) is 3. The molecule has 1 aromatic rings. The summed E-state index contributed by atoms with van der Waals surface area (Å²) in [6.07, 6.45) is 1.58. The summed E-state index contributed by atoms with van der Waals surface area (Å²) in [5.74, 6) is -0.532. The van der Waals surface area contributed by atoms with Crippen LogP contribution in [0.3, 0.4) is 0 Å². The average Bonchev–Trinajstić information content (AvgIpc) is 2.69. The molecule has 110 valence electrons. The molecule has 2 heterocycles. The first-order valence-electron chi connectivity index (χ1n) is 6.46. The van der Waals surface area contributed by atoms with E-state index in [9.17, 15) is 9.90 Å². The van der Waals surface area contributed by atoms with Crippen molar-refractivity contribution >= 4 is 17.5 Å². The van der Waals surface area contributed by atoms with Crippen molar-refractivity contribution in [2.45, 2.75) is 18.6 Å². The van der Waals surface area contributed by atoms with Gasteiger partial charge in [0.25, 0.3) is 0 Å². The number of rotatable bonds is 4. The molecule has 2 rings (SSSR count). The zero-order chi connectivity index (χ0) is 14.9. The van der Waals surface area contributed by atoms with Gasteiger partial charge in [-0.3, -0.25) is 0 Å². The minimum absolute atomic E-state index is 0.0417. The maximum atomic E-state index is 11.1. The Morgan fingerprint density at radius 2 is 2.30 bits per heavy atom. The number of nitrogen functional groups attached to an aromatic ring is 1. The van der Waals surface area contributed by atoms with Crippen LogP contribution in [0.15, 0.2) is 12.3 Å². The van der Waals surface area contributed by atoms with Gasteiger partial charge in [-0.1, -0.05) is 0 Å². The van der Waals surface area contributed by atoms with Crippen LogP contribution in [-0.4, -0.2) is 65.4 Å². The first-order valence-corrected chi connectivity index (χ1v) is 6.46. The van der Waals surface area contributed by atoms with Gasteiger partial charge in [-0.25, -0.2) is 9.78 Å². The Morgan fingerprint density at radius 1 is 1.60 bits per heavy atom. The van der Waals surface area contributed by atoms with E-state index in [1.54, 1.807) is 0 Å². The van der Waals surface area contributed by atoms with Crippen LogP contribution in [0.4, 0.5) is 11.5 Å². The molecule has 0 bridgehead atoms. The number of anilines is 2. The maximum absolute atomic E-state index is 11.1. The molecule has 0 saturated carbocycles. The highest BCUT2D eigenvalue weighted by Gasteiger charge is 2.32. The molecule has 2 unspecified atom stereocenters. The molecule has 0 spiro atoms. The van der Waals surface area contributed by atoms with Crippen molar-refractivity contribution in [1.82, 2.24) is 9.88 Å². The van der Waals surface area contributed by atoms with Crippen LogP contribution in [0.25, 0.3) is 0 Å². The van der Waals surface area contributed by atoms with Gasteiger partial charge in [0.05, 0.1) is 23.6 Å². The highest BCUT2D eigenvalue weighted by atomic mass is 16.4. The Bertz CT molecular complexity index is 506. The molecule has 2 atom stereocenters. The number of aromatic nitrogens is 1. The van der Waals surface area contributed by atoms with Gasteiger partial charge in [-0.05, 0) is 26.6 Å². The third-order valence-electron chi connectivity index (χ3n) is 3.41. The molecule has 1 fully saturated rings. The lowest BCUT2D eigenvalue weighted by Crippen LogP contribution is -2.38. The fraction of sp³-hybridized carbons (Fsp3) is 0.538. The van der Waals surface area contributed by atoms with Crippen LogP contribution in [0.5, 0.6) is 0 Å². The zero-order valence-corrected chi connectivity index (χ0v) is 11.7. The maximum Gasteiger partial charge on any atom is 0.337 e. The smallest absolute Gasteiger partial charge is 0.337 e. The van der Waals surface area contributed by atoms with E-state index in [4.69, 9.17) is 10.8 Å². The number of β-amino-alcohol motifs (C(OH)–C–C–N with tert-alkyl or cyclic N) is 1. The number of carboxylic acid groups (broad SMARTS) is 1. The minimum atomic E-state index is -1.07. The number of carbonyl (C=O) groups is 1. The van der Waals surface area contributed by atoms with Crippen molar-refractivity contribution in [3.63, 3.8) is 0 Å². The second-order valence-corrected chi connectivity index (χ2v) is 5.39. The number of pyridine rings is 1. The lowest BCUT2D eigenvalue weighted by molar-refractivity contribution is 0.0698. The van der Waals surface area contributed by atoms with E-state index in [0.717, 1.165) is 6.54 Å². The molecule has 1 aliphatic heterocycles. The molecule has 7 nitrogen and oxygen atoms in total. The third kappa shape index (κ3) is 3.00. The summed E-state index contributed by atoms with van der Waals surface area (Å²) in [4.78, 5) is 19.3. The monoisotopic (exact) mass is 280 g/mol. The number of carboxylic acids is 1. The molecule has 1 saturated heterocycles.